The summed E-state index contributed by atoms with van der Waals surface area (Å²) in [4.78, 5) is 37.7. The Hall–Kier alpha value is -4.24. The van der Waals surface area contributed by atoms with Crippen molar-refractivity contribution in [2.45, 2.75) is 65.8 Å². The lowest BCUT2D eigenvalue weighted by Crippen LogP contribution is -2.39. The van der Waals surface area contributed by atoms with Gasteiger partial charge in [0.15, 0.2) is 0 Å². The Labute approximate surface area is 252 Å². The molecule has 1 fully saturated rings. The van der Waals surface area contributed by atoms with Crippen molar-refractivity contribution in [3.63, 3.8) is 0 Å². The fraction of sp³-hybridized carbons (Fsp3) is 0.412. The summed E-state index contributed by atoms with van der Waals surface area (Å²) in [5, 5.41) is 20.8. The number of ether oxygens (including phenoxy) is 2. The van der Waals surface area contributed by atoms with Crippen LogP contribution in [0, 0.1) is 27.9 Å². The first-order valence-electron chi connectivity index (χ1n) is 14.8. The van der Waals surface area contributed by atoms with E-state index in [1.807, 2.05) is 30.3 Å². The molecule has 0 bridgehead atoms. The van der Waals surface area contributed by atoms with Crippen LogP contribution in [0.15, 0.2) is 72.8 Å². The lowest BCUT2D eigenvalue weighted by molar-refractivity contribution is -0.385. The van der Waals surface area contributed by atoms with E-state index in [1.54, 1.807) is 17.0 Å². The molecule has 9 heteroatoms. The van der Waals surface area contributed by atoms with Crippen LogP contribution < -0.4 is 4.74 Å². The number of carboxylic acids is 1. The van der Waals surface area contributed by atoms with Gasteiger partial charge in [-0.2, -0.15) is 0 Å². The molecule has 3 aromatic carbocycles. The molecule has 4 rings (SSSR count). The van der Waals surface area contributed by atoms with Crippen LogP contribution in [-0.4, -0.2) is 39.5 Å². The van der Waals surface area contributed by atoms with Gasteiger partial charge in [-0.15, -0.1) is 0 Å². The summed E-state index contributed by atoms with van der Waals surface area (Å²) in [6, 6.07) is 20.2. The molecule has 0 heterocycles. The zero-order valence-electron chi connectivity index (χ0n) is 25.0. The molecule has 3 atom stereocenters. The Bertz CT molecular complexity index is 1390. The Morgan fingerprint density at radius 2 is 1.72 bits per heavy atom. The third-order valence-electron chi connectivity index (χ3n) is 8.16. The number of carboxylic acid groups (broad SMARTS) is 1. The minimum Gasteiger partial charge on any atom is -0.489 e. The lowest BCUT2D eigenvalue weighted by Gasteiger charge is -2.37. The van der Waals surface area contributed by atoms with Crippen LogP contribution in [0.25, 0.3) is 0 Å². The molecule has 43 heavy (non-hydrogen) atoms. The molecule has 0 aliphatic heterocycles. The number of nitro benzene ring substituents is 1. The zero-order chi connectivity index (χ0) is 30.9. The van der Waals surface area contributed by atoms with Crippen LogP contribution >= 0.6 is 0 Å². The predicted octanol–water partition coefficient (Wildman–Crippen LogP) is 6.88. The average Bonchev–Trinajstić information content (AvgIpc) is 2.99. The van der Waals surface area contributed by atoms with E-state index >= 15 is 0 Å². The van der Waals surface area contributed by atoms with Crippen molar-refractivity contribution in [2.75, 3.05) is 6.61 Å². The topological polar surface area (TPSA) is 119 Å². The molecule has 0 spiro atoms. The quantitative estimate of drug-likeness (QED) is 0.171. The molecule has 1 amide bonds. The molecule has 1 aliphatic carbocycles. The van der Waals surface area contributed by atoms with E-state index in [2.05, 4.69) is 20.8 Å². The average molecular weight is 589 g/mol. The second-order valence-corrected chi connectivity index (χ2v) is 11.8. The summed E-state index contributed by atoms with van der Waals surface area (Å²) in [5.74, 6) is 0.577. The van der Waals surface area contributed by atoms with Gasteiger partial charge in [0.25, 0.3) is 5.69 Å². The van der Waals surface area contributed by atoms with Gasteiger partial charge < -0.3 is 19.5 Å². The molecule has 3 aromatic rings. The predicted molar refractivity (Wildman–Crippen MR) is 163 cm³/mol. The van der Waals surface area contributed by atoms with Crippen molar-refractivity contribution in [1.82, 2.24) is 4.90 Å². The van der Waals surface area contributed by atoms with Crippen molar-refractivity contribution in [1.29, 1.82) is 0 Å². The SMILES string of the molecule is CC1CCC(C(C)C)C(OCC(=O)N(Cc2ccccc2)Cc2cc([N+](=O)[O-])ccc2OCc2ccc(C(=O)O)cc2)C1. The van der Waals surface area contributed by atoms with E-state index in [0.717, 1.165) is 30.4 Å². The Balaban J connectivity index is 1.55. The Kier molecular flexibility index (Phi) is 10.9. The largest absolute Gasteiger partial charge is 0.489 e. The number of rotatable bonds is 13. The summed E-state index contributed by atoms with van der Waals surface area (Å²) < 4.78 is 12.4. The Morgan fingerprint density at radius 1 is 1.00 bits per heavy atom. The van der Waals surface area contributed by atoms with E-state index in [4.69, 9.17) is 14.6 Å². The molecule has 228 valence electrons. The number of carbonyl (C=O) groups excluding carboxylic acids is 1. The second-order valence-electron chi connectivity index (χ2n) is 11.8. The smallest absolute Gasteiger partial charge is 0.335 e. The molecule has 9 nitrogen and oxygen atoms in total. The highest BCUT2D eigenvalue weighted by Crippen LogP contribution is 2.35. The Morgan fingerprint density at radius 3 is 2.37 bits per heavy atom. The first-order chi connectivity index (χ1) is 20.6. The van der Waals surface area contributed by atoms with Gasteiger partial charge in [-0.1, -0.05) is 69.7 Å². The minimum absolute atomic E-state index is 0.00972. The number of nitro groups is 1. The molecule has 1 saturated carbocycles. The van der Waals surface area contributed by atoms with Crippen molar-refractivity contribution in [3.05, 3.63) is 105 Å². The standard InChI is InChI=1S/C34H40N2O7/c1-23(2)30-15-9-24(3)17-32(30)43-22-33(37)35(19-25-7-5-4-6-8-25)20-28-18-29(36(40)41)14-16-31(28)42-21-26-10-12-27(13-11-26)34(38)39/h4-8,10-14,16,18,23-24,30,32H,9,15,17,19-22H2,1-3H3,(H,38,39). The molecular formula is C34H40N2O7. The van der Waals surface area contributed by atoms with Crippen molar-refractivity contribution >= 4 is 17.6 Å². The van der Waals surface area contributed by atoms with Gasteiger partial charge in [0.1, 0.15) is 19.0 Å². The van der Waals surface area contributed by atoms with E-state index in [-0.39, 0.29) is 43.0 Å². The molecule has 0 aromatic heterocycles. The first kappa shape index (κ1) is 31.7. The fourth-order valence-corrected chi connectivity index (χ4v) is 5.67. The summed E-state index contributed by atoms with van der Waals surface area (Å²) >= 11 is 0. The highest BCUT2D eigenvalue weighted by Gasteiger charge is 2.32. The number of nitrogens with zero attached hydrogens (tertiary/aromatic N) is 2. The van der Waals surface area contributed by atoms with E-state index in [9.17, 15) is 19.7 Å². The second kappa shape index (κ2) is 14.8. The van der Waals surface area contributed by atoms with Crippen LogP contribution in [0.4, 0.5) is 5.69 Å². The summed E-state index contributed by atoms with van der Waals surface area (Å²) in [6.45, 7) is 7.05. The summed E-state index contributed by atoms with van der Waals surface area (Å²) in [5.41, 5.74) is 2.22. The number of hydrogen-bond acceptors (Lipinski definition) is 6. The maximum atomic E-state index is 13.7. The van der Waals surface area contributed by atoms with Gasteiger partial charge in [-0.3, -0.25) is 14.9 Å². The van der Waals surface area contributed by atoms with Crippen molar-refractivity contribution in [2.24, 2.45) is 17.8 Å². The first-order valence-corrected chi connectivity index (χ1v) is 14.8. The van der Waals surface area contributed by atoms with Gasteiger partial charge in [0.05, 0.1) is 16.6 Å². The van der Waals surface area contributed by atoms with Crippen LogP contribution in [0.5, 0.6) is 5.75 Å². The van der Waals surface area contributed by atoms with Crippen molar-refractivity contribution < 1.29 is 29.1 Å². The number of hydrogen-bond donors (Lipinski definition) is 1. The summed E-state index contributed by atoms with van der Waals surface area (Å²) in [6.07, 6.45) is 3.18. The maximum Gasteiger partial charge on any atom is 0.335 e. The highest BCUT2D eigenvalue weighted by molar-refractivity contribution is 5.87. The number of carbonyl (C=O) groups is 2. The number of benzene rings is 3. The third kappa shape index (κ3) is 8.88. The summed E-state index contributed by atoms with van der Waals surface area (Å²) in [7, 11) is 0. The van der Waals surface area contributed by atoms with Gasteiger partial charge in [-0.25, -0.2) is 4.79 Å². The van der Waals surface area contributed by atoms with E-state index in [1.165, 1.54) is 30.3 Å². The maximum absolute atomic E-state index is 13.7. The molecule has 0 radical (unpaired) electrons. The molecule has 1 aliphatic rings. The molecule has 1 N–H and O–H groups in total. The van der Waals surface area contributed by atoms with Gasteiger partial charge in [0.2, 0.25) is 5.91 Å². The zero-order valence-corrected chi connectivity index (χ0v) is 25.0. The molecule has 3 unspecified atom stereocenters. The van der Waals surface area contributed by atoms with Crippen LogP contribution in [0.3, 0.4) is 0 Å². The highest BCUT2D eigenvalue weighted by atomic mass is 16.6. The minimum atomic E-state index is -1.02. The van der Waals surface area contributed by atoms with Gasteiger partial charge in [-0.05, 0) is 59.9 Å². The van der Waals surface area contributed by atoms with Crippen molar-refractivity contribution in [3.8, 4) is 5.75 Å². The number of aromatic carboxylic acids is 1. The fourth-order valence-electron chi connectivity index (χ4n) is 5.67. The number of amides is 1. The lowest BCUT2D eigenvalue weighted by atomic mass is 9.75. The van der Waals surface area contributed by atoms with Crippen LogP contribution in [-0.2, 0) is 29.2 Å². The van der Waals surface area contributed by atoms with Gasteiger partial charge >= 0.3 is 5.97 Å². The third-order valence-corrected chi connectivity index (χ3v) is 8.16. The van der Waals surface area contributed by atoms with Crippen LogP contribution in [0.2, 0.25) is 0 Å². The number of non-ortho nitro benzene ring substituents is 1. The van der Waals surface area contributed by atoms with Gasteiger partial charge in [0, 0.05) is 30.8 Å². The van der Waals surface area contributed by atoms with E-state index < -0.39 is 10.9 Å². The monoisotopic (exact) mass is 588 g/mol. The molecule has 0 saturated heterocycles. The van der Waals surface area contributed by atoms with Crippen LogP contribution in [0.1, 0.15) is 67.1 Å². The molecular weight excluding hydrogens is 548 g/mol. The van der Waals surface area contributed by atoms with E-state index in [0.29, 0.717) is 35.6 Å². The normalized spacial score (nSPS) is 18.3.